The van der Waals surface area contributed by atoms with Crippen molar-refractivity contribution in [2.24, 2.45) is 0 Å². The first kappa shape index (κ1) is 16.9. The Balaban J connectivity index is 1.72. The van der Waals surface area contributed by atoms with Crippen LogP contribution in [-0.4, -0.2) is 39.0 Å². The van der Waals surface area contributed by atoms with Gasteiger partial charge in [-0.25, -0.2) is 13.1 Å². The zero-order valence-corrected chi connectivity index (χ0v) is 14.4. The molecule has 120 valence electrons. The highest BCUT2D eigenvalue weighted by molar-refractivity contribution is 7.91. The molecule has 1 aromatic rings. The van der Waals surface area contributed by atoms with Crippen LogP contribution in [0.15, 0.2) is 21.7 Å². The minimum atomic E-state index is -3.31. The maximum atomic E-state index is 12.2. The number of nitrogens with one attached hydrogen (secondary N) is 1. The standard InChI is InChI=1S/C15H26N2O2S2/c1-2-3-4-5-10-17-11-8-14(9-12-17)16-21(18,19)15-7-6-13-20-15/h6-7,13-14,16H,2-5,8-12H2,1H3. The lowest BCUT2D eigenvalue weighted by Gasteiger charge is -2.32. The summed E-state index contributed by atoms with van der Waals surface area (Å²) in [6.45, 7) is 5.39. The number of sulfonamides is 1. The molecule has 0 atom stereocenters. The summed E-state index contributed by atoms with van der Waals surface area (Å²) in [6, 6.07) is 3.53. The van der Waals surface area contributed by atoms with Crippen LogP contribution in [-0.2, 0) is 10.0 Å². The Hall–Kier alpha value is -0.430. The maximum absolute atomic E-state index is 12.2. The molecule has 2 heterocycles. The molecular formula is C15H26N2O2S2. The van der Waals surface area contributed by atoms with Crippen LogP contribution in [0, 0.1) is 0 Å². The first-order valence-corrected chi connectivity index (χ1v) is 10.3. The van der Waals surface area contributed by atoms with Crippen LogP contribution in [0.5, 0.6) is 0 Å². The highest BCUT2D eigenvalue weighted by Crippen LogP contribution is 2.19. The van der Waals surface area contributed by atoms with Gasteiger partial charge in [-0.3, -0.25) is 0 Å². The molecule has 0 bridgehead atoms. The molecular weight excluding hydrogens is 304 g/mol. The number of hydrogen-bond acceptors (Lipinski definition) is 4. The summed E-state index contributed by atoms with van der Waals surface area (Å²) >= 11 is 1.27. The first-order valence-electron chi connectivity index (χ1n) is 7.90. The zero-order chi connectivity index (χ0) is 15.1. The molecule has 0 aliphatic carbocycles. The predicted molar refractivity (Wildman–Crippen MR) is 88.2 cm³/mol. The average molecular weight is 331 g/mol. The van der Waals surface area contributed by atoms with Crippen molar-refractivity contribution in [3.05, 3.63) is 17.5 Å². The molecule has 1 N–H and O–H groups in total. The molecule has 0 saturated carbocycles. The minimum Gasteiger partial charge on any atom is -0.303 e. The second-order valence-corrected chi connectivity index (χ2v) is 8.62. The van der Waals surface area contributed by atoms with E-state index in [1.165, 1.54) is 37.0 Å². The monoisotopic (exact) mass is 330 g/mol. The molecule has 0 aromatic carbocycles. The molecule has 1 aliphatic rings. The Kier molecular flexibility index (Phi) is 6.67. The number of rotatable bonds is 8. The molecule has 0 unspecified atom stereocenters. The number of thiophene rings is 1. The van der Waals surface area contributed by atoms with Crippen LogP contribution < -0.4 is 4.72 Å². The van der Waals surface area contributed by atoms with Gasteiger partial charge in [-0.15, -0.1) is 11.3 Å². The summed E-state index contributed by atoms with van der Waals surface area (Å²) in [5.41, 5.74) is 0. The summed E-state index contributed by atoms with van der Waals surface area (Å²) in [4.78, 5) is 2.46. The van der Waals surface area contributed by atoms with E-state index in [0.29, 0.717) is 4.21 Å². The molecule has 1 fully saturated rings. The van der Waals surface area contributed by atoms with Gasteiger partial charge < -0.3 is 4.90 Å². The van der Waals surface area contributed by atoms with Crippen molar-refractivity contribution in [1.29, 1.82) is 0 Å². The van der Waals surface area contributed by atoms with Crippen molar-refractivity contribution >= 4 is 21.4 Å². The van der Waals surface area contributed by atoms with Crippen molar-refractivity contribution in [2.75, 3.05) is 19.6 Å². The fraction of sp³-hybridized carbons (Fsp3) is 0.733. The highest BCUT2D eigenvalue weighted by atomic mass is 32.2. The number of likely N-dealkylation sites (tertiary alicyclic amines) is 1. The van der Waals surface area contributed by atoms with Crippen molar-refractivity contribution < 1.29 is 8.42 Å². The van der Waals surface area contributed by atoms with Gasteiger partial charge in [0, 0.05) is 6.04 Å². The van der Waals surface area contributed by atoms with Crippen LogP contribution in [0.25, 0.3) is 0 Å². The van der Waals surface area contributed by atoms with E-state index in [9.17, 15) is 8.42 Å². The predicted octanol–water partition coefficient (Wildman–Crippen LogP) is 3.07. The van der Waals surface area contributed by atoms with Crippen LogP contribution >= 0.6 is 11.3 Å². The quantitative estimate of drug-likeness (QED) is 0.745. The lowest BCUT2D eigenvalue weighted by Crippen LogP contribution is -2.44. The van der Waals surface area contributed by atoms with E-state index in [1.54, 1.807) is 17.5 Å². The number of piperidine rings is 1. The fourth-order valence-corrected chi connectivity index (χ4v) is 5.05. The maximum Gasteiger partial charge on any atom is 0.250 e. The highest BCUT2D eigenvalue weighted by Gasteiger charge is 2.24. The Morgan fingerprint density at radius 3 is 2.67 bits per heavy atom. The van der Waals surface area contributed by atoms with E-state index >= 15 is 0 Å². The fourth-order valence-electron chi connectivity index (χ4n) is 2.73. The second kappa shape index (κ2) is 8.27. The van der Waals surface area contributed by atoms with E-state index in [-0.39, 0.29) is 6.04 Å². The summed E-state index contributed by atoms with van der Waals surface area (Å²) in [5.74, 6) is 0. The third kappa shape index (κ3) is 5.36. The summed E-state index contributed by atoms with van der Waals surface area (Å²) in [5, 5.41) is 1.80. The molecule has 4 nitrogen and oxygen atoms in total. The third-order valence-electron chi connectivity index (χ3n) is 4.00. The van der Waals surface area contributed by atoms with E-state index in [2.05, 4.69) is 16.5 Å². The molecule has 0 radical (unpaired) electrons. The largest absolute Gasteiger partial charge is 0.303 e. The molecule has 1 aliphatic heterocycles. The van der Waals surface area contributed by atoms with Gasteiger partial charge in [-0.05, 0) is 50.3 Å². The number of unbranched alkanes of at least 4 members (excludes halogenated alkanes) is 3. The van der Waals surface area contributed by atoms with Gasteiger partial charge in [-0.2, -0.15) is 0 Å². The summed E-state index contributed by atoms with van der Waals surface area (Å²) in [6.07, 6.45) is 6.99. The molecule has 21 heavy (non-hydrogen) atoms. The van der Waals surface area contributed by atoms with Crippen molar-refractivity contribution in [2.45, 2.75) is 55.7 Å². The van der Waals surface area contributed by atoms with Crippen molar-refractivity contribution in [3.8, 4) is 0 Å². The van der Waals surface area contributed by atoms with E-state index in [0.717, 1.165) is 32.5 Å². The lowest BCUT2D eigenvalue weighted by atomic mass is 10.1. The van der Waals surface area contributed by atoms with Gasteiger partial charge in [0.1, 0.15) is 4.21 Å². The van der Waals surface area contributed by atoms with E-state index < -0.39 is 10.0 Å². The summed E-state index contributed by atoms with van der Waals surface area (Å²) < 4.78 is 27.6. The average Bonchev–Trinajstić information content (AvgIpc) is 3.00. The lowest BCUT2D eigenvalue weighted by molar-refractivity contribution is 0.203. The van der Waals surface area contributed by atoms with Gasteiger partial charge in [0.15, 0.2) is 0 Å². The van der Waals surface area contributed by atoms with Gasteiger partial charge in [0.2, 0.25) is 10.0 Å². The second-order valence-electron chi connectivity index (χ2n) is 5.73. The topological polar surface area (TPSA) is 49.4 Å². The van der Waals surface area contributed by atoms with Crippen LogP contribution in [0.2, 0.25) is 0 Å². The number of hydrogen-bond donors (Lipinski definition) is 1. The van der Waals surface area contributed by atoms with Gasteiger partial charge in [0.05, 0.1) is 0 Å². The molecule has 2 rings (SSSR count). The van der Waals surface area contributed by atoms with Crippen LogP contribution in [0.4, 0.5) is 0 Å². The SMILES string of the molecule is CCCCCCN1CCC(NS(=O)(=O)c2cccs2)CC1. The van der Waals surface area contributed by atoms with Crippen LogP contribution in [0.3, 0.4) is 0 Å². The van der Waals surface area contributed by atoms with Gasteiger partial charge in [-0.1, -0.05) is 32.3 Å². The molecule has 1 aromatic heterocycles. The van der Waals surface area contributed by atoms with Crippen molar-refractivity contribution in [3.63, 3.8) is 0 Å². The molecule has 6 heteroatoms. The molecule has 1 saturated heterocycles. The van der Waals surface area contributed by atoms with Gasteiger partial charge >= 0.3 is 0 Å². The Morgan fingerprint density at radius 1 is 1.29 bits per heavy atom. The first-order chi connectivity index (χ1) is 10.1. The third-order valence-corrected chi connectivity index (χ3v) is 6.92. The van der Waals surface area contributed by atoms with Gasteiger partial charge in [0.25, 0.3) is 0 Å². The van der Waals surface area contributed by atoms with Crippen molar-refractivity contribution in [1.82, 2.24) is 9.62 Å². The smallest absolute Gasteiger partial charge is 0.250 e. The normalized spacial score (nSPS) is 18.1. The number of nitrogens with zero attached hydrogens (tertiary/aromatic N) is 1. The van der Waals surface area contributed by atoms with Crippen LogP contribution in [0.1, 0.15) is 45.4 Å². The molecule has 0 spiro atoms. The minimum absolute atomic E-state index is 0.0870. The Bertz CT molecular complexity index is 492. The van der Waals surface area contributed by atoms with E-state index in [4.69, 9.17) is 0 Å². The summed E-state index contributed by atoms with van der Waals surface area (Å²) in [7, 11) is -3.31. The molecule has 0 amide bonds. The zero-order valence-electron chi connectivity index (χ0n) is 12.8. The van der Waals surface area contributed by atoms with E-state index in [1.807, 2.05) is 0 Å². The Morgan fingerprint density at radius 2 is 2.05 bits per heavy atom. The Labute approximate surface area is 132 Å².